The molecule has 5 nitrogen and oxygen atoms in total. The van der Waals surface area contributed by atoms with Crippen molar-refractivity contribution in [2.45, 2.75) is 83.8 Å². The lowest BCUT2D eigenvalue weighted by molar-refractivity contribution is -0.0367. The van der Waals surface area contributed by atoms with Crippen LogP contribution in [0.3, 0.4) is 0 Å². The van der Waals surface area contributed by atoms with Crippen LogP contribution in [0.5, 0.6) is 0 Å². The summed E-state index contributed by atoms with van der Waals surface area (Å²) < 4.78 is 11.8. The quantitative estimate of drug-likeness (QED) is 0.314. The molecule has 0 spiro atoms. The van der Waals surface area contributed by atoms with Crippen molar-refractivity contribution in [1.29, 1.82) is 0 Å². The van der Waals surface area contributed by atoms with Crippen LogP contribution in [0.2, 0.25) is 0 Å². The van der Waals surface area contributed by atoms with Crippen LogP contribution in [-0.4, -0.2) is 62.5 Å². The number of rotatable bonds is 7. The second kappa shape index (κ2) is 13.3. The van der Waals surface area contributed by atoms with Crippen molar-refractivity contribution in [1.82, 2.24) is 10.2 Å². The predicted molar refractivity (Wildman–Crippen MR) is 127 cm³/mol. The Kier molecular flexibility index (Phi) is 11.5. The van der Waals surface area contributed by atoms with Gasteiger partial charge in [0.15, 0.2) is 5.96 Å². The third-order valence-corrected chi connectivity index (χ3v) is 6.46. The Hall–Kier alpha value is -0.0800. The fourth-order valence-corrected chi connectivity index (χ4v) is 4.85. The maximum Gasteiger partial charge on any atom is 0.193 e. The molecule has 0 aromatic heterocycles. The van der Waals surface area contributed by atoms with E-state index in [1.807, 2.05) is 0 Å². The first-order valence-electron chi connectivity index (χ1n) is 11.5. The number of nitrogens with one attached hydrogen (secondary N) is 1. The molecule has 2 heterocycles. The van der Waals surface area contributed by atoms with E-state index in [0.29, 0.717) is 12.2 Å². The molecule has 0 bridgehead atoms. The number of halogens is 1. The van der Waals surface area contributed by atoms with Gasteiger partial charge in [-0.2, -0.15) is 0 Å². The van der Waals surface area contributed by atoms with Gasteiger partial charge in [-0.15, -0.1) is 24.0 Å². The van der Waals surface area contributed by atoms with Crippen LogP contribution in [0.15, 0.2) is 4.99 Å². The molecule has 3 rings (SSSR count). The van der Waals surface area contributed by atoms with E-state index in [9.17, 15) is 0 Å². The number of guanidine groups is 1. The SMILES string of the molecule is CCNC(=NCCC1CCCC(C)C1)N1CCC(OCC2CCCO2)CC1.I. The first-order chi connectivity index (χ1) is 13.2. The highest BCUT2D eigenvalue weighted by Gasteiger charge is 2.24. The average molecular weight is 508 g/mol. The van der Waals surface area contributed by atoms with E-state index in [2.05, 4.69) is 24.1 Å². The molecule has 1 aliphatic carbocycles. The van der Waals surface area contributed by atoms with Crippen molar-refractivity contribution in [3.8, 4) is 0 Å². The molecule has 1 N–H and O–H groups in total. The van der Waals surface area contributed by atoms with Gasteiger partial charge in [-0.3, -0.25) is 4.99 Å². The summed E-state index contributed by atoms with van der Waals surface area (Å²) in [7, 11) is 0. The Bertz CT molecular complexity index is 449. The zero-order valence-corrected chi connectivity index (χ0v) is 20.4. The first kappa shape index (κ1) is 24.2. The monoisotopic (exact) mass is 507 g/mol. The Balaban J connectivity index is 0.00000280. The van der Waals surface area contributed by atoms with Gasteiger partial charge in [0, 0.05) is 32.8 Å². The number of hydrogen-bond donors (Lipinski definition) is 1. The lowest BCUT2D eigenvalue weighted by Gasteiger charge is -2.34. The third kappa shape index (κ3) is 7.98. The highest BCUT2D eigenvalue weighted by atomic mass is 127. The summed E-state index contributed by atoms with van der Waals surface area (Å²) in [5.74, 6) is 2.91. The Labute approximate surface area is 189 Å². The minimum Gasteiger partial charge on any atom is -0.376 e. The van der Waals surface area contributed by atoms with Crippen molar-refractivity contribution in [2.75, 3.05) is 39.4 Å². The summed E-state index contributed by atoms with van der Waals surface area (Å²) in [6.45, 7) is 10.3. The average Bonchev–Trinajstić information content (AvgIpc) is 3.20. The van der Waals surface area contributed by atoms with Gasteiger partial charge in [0.1, 0.15) is 0 Å². The smallest absolute Gasteiger partial charge is 0.193 e. The molecule has 2 aliphatic heterocycles. The molecule has 1 saturated carbocycles. The van der Waals surface area contributed by atoms with Crippen LogP contribution in [0.25, 0.3) is 0 Å². The third-order valence-electron chi connectivity index (χ3n) is 6.46. The van der Waals surface area contributed by atoms with Crippen LogP contribution in [-0.2, 0) is 9.47 Å². The van der Waals surface area contributed by atoms with E-state index >= 15 is 0 Å². The minimum absolute atomic E-state index is 0. The maximum absolute atomic E-state index is 6.11. The van der Waals surface area contributed by atoms with E-state index in [1.54, 1.807) is 0 Å². The molecular weight excluding hydrogens is 465 g/mol. The Morgan fingerprint density at radius 1 is 1.14 bits per heavy atom. The fraction of sp³-hybridized carbons (Fsp3) is 0.955. The largest absolute Gasteiger partial charge is 0.376 e. The minimum atomic E-state index is 0. The van der Waals surface area contributed by atoms with Gasteiger partial charge < -0.3 is 19.7 Å². The fourth-order valence-electron chi connectivity index (χ4n) is 4.85. The van der Waals surface area contributed by atoms with Crippen LogP contribution in [0.1, 0.15) is 71.6 Å². The van der Waals surface area contributed by atoms with Gasteiger partial charge in [-0.05, 0) is 57.3 Å². The second-order valence-corrected chi connectivity index (χ2v) is 8.82. The van der Waals surface area contributed by atoms with E-state index in [-0.39, 0.29) is 24.0 Å². The molecule has 2 saturated heterocycles. The lowest BCUT2D eigenvalue weighted by Crippen LogP contribution is -2.47. The van der Waals surface area contributed by atoms with Crippen LogP contribution >= 0.6 is 24.0 Å². The number of nitrogens with zero attached hydrogens (tertiary/aromatic N) is 2. The summed E-state index contributed by atoms with van der Waals surface area (Å²) in [6.07, 6.45) is 12.2. The molecule has 164 valence electrons. The highest BCUT2D eigenvalue weighted by Crippen LogP contribution is 2.30. The molecule has 3 atom stereocenters. The summed E-state index contributed by atoms with van der Waals surface area (Å²) in [5.41, 5.74) is 0. The molecule has 3 fully saturated rings. The normalized spacial score (nSPS) is 29.6. The molecule has 0 aromatic rings. The zero-order valence-electron chi connectivity index (χ0n) is 18.0. The molecular formula is C22H42IN3O2. The van der Waals surface area contributed by atoms with Crippen molar-refractivity contribution in [3.63, 3.8) is 0 Å². The van der Waals surface area contributed by atoms with Gasteiger partial charge in [0.2, 0.25) is 0 Å². The summed E-state index contributed by atoms with van der Waals surface area (Å²) in [6, 6.07) is 0. The van der Waals surface area contributed by atoms with Crippen LogP contribution in [0.4, 0.5) is 0 Å². The van der Waals surface area contributed by atoms with Crippen molar-refractivity contribution < 1.29 is 9.47 Å². The summed E-state index contributed by atoms with van der Waals surface area (Å²) in [4.78, 5) is 7.39. The lowest BCUT2D eigenvalue weighted by atomic mass is 9.81. The summed E-state index contributed by atoms with van der Waals surface area (Å²) >= 11 is 0. The van der Waals surface area contributed by atoms with Gasteiger partial charge >= 0.3 is 0 Å². The maximum atomic E-state index is 6.11. The predicted octanol–water partition coefficient (Wildman–Crippen LogP) is 4.45. The Morgan fingerprint density at radius 2 is 1.96 bits per heavy atom. The van der Waals surface area contributed by atoms with Gasteiger partial charge in [0.05, 0.1) is 18.8 Å². The van der Waals surface area contributed by atoms with Crippen molar-refractivity contribution in [2.24, 2.45) is 16.8 Å². The molecule has 6 heteroatoms. The summed E-state index contributed by atoms with van der Waals surface area (Å²) in [5, 5.41) is 3.51. The number of ether oxygens (including phenoxy) is 2. The molecule has 0 amide bonds. The number of hydrogen-bond acceptors (Lipinski definition) is 3. The zero-order chi connectivity index (χ0) is 18.9. The standard InChI is InChI=1S/C22H41N3O2.HI/c1-3-23-22(24-12-9-19-7-4-6-18(2)16-19)25-13-10-20(11-14-25)27-17-21-8-5-15-26-21;/h18-21H,3-17H2,1-2H3,(H,23,24);1H. The van der Waals surface area contributed by atoms with Gasteiger partial charge in [0.25, 0.3) is 0 Å². The molecule has 3 unspecified atom stereocenters. The Morgan fingerprint density at radius 3 is 2.64 bits per heavy atom. The second-order valence-electron chi connectivity index (χ2n) is 8.82. The first-order valence-corrected chi connectivity index (χ1v) is 11.5. The van der Waals surface area contributed by atoms with Gasteiger partial charge in [-0.25, -0.2) is 0 Å². The van der Waals surface area contributed by atoms with E-state index in [4.69, 9.17) is 14.5 Å². The number of likely N-dealkylation sites (tertiary alicyclic amines) is 1. The number of aliphatic imine (C=N–C) groups is 1. The van der Waals surface area contributed by atoms with Gasteiger partial charge in [-0.1, -0.05) is 26.2 Å². The molecule has 0 radical (unpaired) electrons. The van der Waals surface area contributed by atoms with E-state index in [0.717, 1.165) is 76.5 Å². The number of piperidine rings is 1. The molecule has 0 aromatic carbocycles. The van der Waals surface area contributed by atoms with Crippen molar-refractivity contribution >= 4 is 29.9 Å². The van der Waals surface area contributed by atoms with Crippen LogP contribution in [0, 0.1) is 11.8 Å². The topological polar surface area (TPSA) is 46.1 Å². The highest BCUT2D eigenvalue weighted by molar-refractivity contribution is 14.0. The van der Waals surface area contributed by atoms with E-state index < -0.39 is 0 Å². The van der Waals surface area contributed by atoms with E-state index in [1.165, 1.54) is 38.5 Å². The van der Waals surface area contributed by atoms with Crippen molar-refractivity contribution in [3.05, 3.63) is 0 Å². The van der Waals surface area contributed by atoms with Crippen LogP contribution < -0.4 is 5.32 Å². The molecule has 3 aliphatic rings. The molecule has 28 heavy (non-hydrogen) atoms.